The molecule has 0 saturated carbocycles. The zero-order valence-corrected chi connectivity index (χ0v) is 14.3. The van der Waals surface area contributed by atoms with Crippen LogP contribution >= 0.6 is 0 Å². The number of aromatic nitrogens is 7. The third kappa shape index (κ3) is 2.08. The summed E-state index contributed by atoms with van der Waals surface area (Å²) in [6.45, 7) is 6.75. The Morgan fingerprint density at radius 2 is 1.84 bits per heavy atom. The van der Waals surface area contributed by atoms with Crippen LogP contribution in [0.15, 0.2) is 18.7 Å². The van der Waals surface area contributed by atoms with Crippen molar-refractivity contribution in [2.24, 2.45) is 0 Å². The third-order valence-electron chi connectivity index (χ3n) is 4.93. The predicted octanol–water partition coefficient (Wildman–Crippen LogP) is 0.794. The summed E-state index contributed by atoms with van der Waals surface area (Å²) < 4.78 is 3.69. The van der Waals surface area contributed by atoms with Gasteiger partial charge in [-0.3, -0.25) is 0 Å². The number of likely N-dealkylation sites (N-methyl/N-ethyl adjacent to an activating group) is 1. The Hall–Kier alpha value is -2.81. The average Bonchev–Trinajstić information content (AvgIpc) is 3.27. The van der Waals surface area contributed by atoms with Gasteiger partial charge in [0.25, 0.3) is 5.78 Å². The van der Waals surface area contributed by atoms with E-state index < -0.39 is 0 Å². The summed E-state index contributed by atoms with van der Waals surface area (Å²) in [5, 5.41) is 10.8. The van der Waals surface area contributed by atoms with Crippen molar-refractivity contribution in [1.29, 1.82) is 0 Å². The summed E-state index contributed by atoms with van der Waals surface area (Å²) in [6, 6.07) is 0. The predicted molar refractivity (Wildman–Crippen MR) is 94.8 cm³/mol. The fraction of sp³-hybridized carbons (Fsp3) is 0.438. The zero-order valence-electron chi connectivity index (χ0n) is 14.3. The van der Waals surface area contributed by atoms with Crippen LogP contribution in [-0.2, 0) is 6.54 Å². The largest absolute Gasteiger partial charge is 0.353 e. The third-order valence-corrected chi connectivity index (χ3v) is 4.93. The molecule has 1 saturated heterocycles. The lowest BCUT2D eigenvalue weighted by atomic mass is 10.2. The zero-order chi connectivity index (χ0) is 17.0. The molecule has 0 amide bonds. The van der Waals surface area contributed by atoms with Gasteiger partial charge in [0.1, 0.15) is 12.1 Å². The SMILES string of the molecule is CCn1ncc2c1ncc1c(N3CCN(C)CC3)nc3ncnn3c12. The molecule has 0 aliphatic carbocycles. The molecule has 5 rings (SSSR count). The Balaban J connectivity index is 1.82. The van der Waals surface area contributed by atoms with Gasteiger partial charge in [-0.2, -0.15) is 24.7 Å². The minimum absolute atomic E-state index is 0.609. The molecule has 4 aromatic heterocycles. The second-order valence-corrected chi connectivity index (χ2v) is 6.42. The first-order valence-corrected chi connectivity index (χ1v) is 8.53. The summed E-state index contributed by atoms with van der Waals surface area (Å²) in [5.41, 5.74) is 1.84. The van der Waals surface area contributed by atoms with Crippen molar-refractivity contribution in [3.63, 3.8) is 0 Å². The monoisotopic (exact) mass is 337 g/mol. The Morgan fingerprint density at radius 1 is 1.00 bits per heavy atom. The van der Waals surface area contributed by atoms with Crippen LogP contribution in [0.3, 0.4) is 0 Å². The maximum Gasteiger partial charge on any atom is 0.254 e. The maximum absolute atomic E-state index is 4.78. The molecular formula is C16H19N9. The van der Waals surface area contributed by atoms with E-state index in [1.807, 2.05) is 17.1 Å². The van der Waals surface area contributed by atoms with Gasteiger partial charge in [-0.25, -0.2) is 9.67 Å². The van der Waals surface area contributed by atoms with E-state index in [2.05, 4.69) is 43.9 Å². The molecule has 9 heteroatoms. The highest BCUT2D eigenvalue weighted by molar-refractivity contribution is 6.06. The van der Waals surface area contributed by atoms with Gasteiger partial charge in [0, 0.05) is 38.9 Å². The smallest absolute Gasteiger partial charge is 0.254 e. The molecule has 25 heavy (non-hydrogen) atoms. The fourth-order valence-electron chi connectivity index (χ4n) is 3.52. The van der Waals surface area contributed by atoms with Crippen molar-refractivity contribution in [2.75, 3.05) is 38.1 Å². The standard InChI is InChI=1S/C16H19N9/c1-3-24-14-12(9-19-24)13-11(8-17-14)15(21-16-18-10-20-25(13)16)23-6-4-22(2)5-7-23/h8-10H,3-7H2,1-2H3. The Labute approximate surface area is 143 Å². The van der Waals surface area contributed by atoms with Gasteiger partial charge in [-0.15, -0.1) is 0 Å². The molecule has 0 atom stereocenters. The average molecular weight is 337 g/mol. The van der Waals surface area contributed by atoms with Gasteiger partial charge in [-0.05, 0) is 14.0 Å². The molecule has 0 radical (unpaired) electrons. The maximum atomic E-state index is 4.78. The summed E-state index contributed by atoms with van der Waals surface area (Å²) in [4.78, 5) is 18.4. The number of rotatable bonds is 2. The molecule has 1 fully saturated rings. The quantitative estimate of drug-likeness (QED) is 0.535. The van der Waals surface area contributed by atoms with Gasteiger partial charge in [0.05, 0.1) is 22.5 Å². The van der Waals surface area contributed by atoms with Crippen molar-refractivity contribution in [1.82, 2.24) is 39.2 Å². The van der Waals surface area contributed by atoms with Crippen molar-refractivity contribution in [3.05, 3.63) is 18.7 Å². The molecule has 1 aliphatic heterocycles. The van der Waals surface area contributed by atoms with Crippen LogP contribution in [0.4, 0.5) is 5.82 Å². The minimum Gasteiger partial charge on any atom is -0.353 e. The van der Waals surface area contributed by atoms with Gasteiger partial charge in [0.15, 0.2) is 5.65 Å². The van der Waals surface area contributed by atoms with Gasteiger partial charge < -0.3 is 9.80 Å². The highest BCUT2D eigenvalue weighted by Crippen LogP contribution is 2.30. The Kier molecular flexibility index (Phi) is 3.11. The first kappa shape index (κ1) is 14.5. The highest BCUT2D eigenvalue weighted by atomic mass is 15.4. The van der Waals surface area contributed by atoms with E-state index in [0.29, 0.717) is 5.78 Å². The number of piperazine rings is 1. The number of anilines is 1. The molecule has 0 aromatic carbocycles. The number of pyridine rings is 1. The van der Waals surface area contributed by atoms with E-state index in [4.69, 9.17) is 4.98 Å². The molecule has 128 valence electrons. The lowest BCUT2D eigenvalue weighted by Gasteiger charge is -2.33. The molecular weight excluding hydrogens is 318 g/mol. The second-order valence-electron chi connectivity index (χ2n) is 6.42. The van der Waals surface area contributed by atoms with Crippen molar-refractivity contribution >= 4 is 33.5 Å². The molecule has 0 bridgehead atoms. The van der Waals surface area contributed by atoms with E-state index in [1.54, 1.807) is 10.8 Å². The first-order valence-electron chi connectivity index (χ1n) is 8.53. The van der Waals surface area contributed by atoms with Crippen molar-refractivity contribution < 1.29 is 0 Å². The lowest BCUT2D eigenvalue weighted by Crippen LogP contribution is -2.45. The summed E-state index contributed by atoms with van der Waals surface area (Å²) in [6.07, 6.45) is 5.31. The molecule has 1 aliphatic rings. The highest BCUT2D eigenvalue weighted by Gasteiger charge is 2.22. The molecule has 5 heterocycles. The topological polar surface area (TPSA) is 80.3 Å². The van der Waals surface area contributed by atoms with Crippen molar-refractivity contribution in [3.8, 4) is 0 Å². The number of nitrogens with zero attached hydrogens (tertiary/aromatic N) is 9. The molecule has 9 nitrogen and oxygen atoms in total. The van der Waals surface area contributed by atoms with Crippen LogP contribution < -0.4 is 4.90 Å². The lowest BCUT2D eigenvalue weighted by molar-refractivity contribution is 0.312. The number of hydrogen-bond acceptors (Lipinski definition) is 7. The first-order chi connectivity index (χ1) is 12.3. The second kappa shape index (κ2) is 5.35. The number of aryl methyl sites for hydroxylation is 1. The van der Waals surface area contributed by atoms with Gasteiger partial charge in [0.2, 0.25) is 0 Å². The number of fused-ring (bicyclic) bond motifs is 5. The summed E-state index contributed by atoms with van der Waals surface area (Å²) in [7, 11) is 2.15. The van der Waals surface area contributed by atoms with E-state index in [0.717, 1.165) is 60.5 Å². The van der Waals surface area contributed by atoms with Crippen LogP contribution in [0.25, 0.3) is 27.7 Å². The van der Waals surface area contributed by atoms with Crippen LogP contribution in [0.5, 0.6) is 0 Å². The van der Waals surface area contributed by atoms with Crippen LogP contribution in [0, 0.1) is 0 Å². The minimum atomic E-state index is 0.609. The number of hydrogen-bond donors (Lipinski definition) is 0. The van der Waals surface area contributed by atoms with Gasteiger partial charge >= 0.3 is 0 Å². The van der Waals surface area contributed by atoms with E-state index in [-0.39, 0.29) is 0 Å². The van der Waals surface area contributed by atoms with E-state index in [1.165, 1.54) is 0 Å². The van der Waals surface area contributed by atoms with Crippen LogP contribution in [0.1, 0.15) is 6.92 Å². The van der Waals surface area contributed by atoms with Crippen molar-refractivity contribution in [2.45, 2.75) is 13.5 Å². The molecule has 4 aromatic rings. The van der Waals surface area contributed by atoms with E-state index >= 15 is 0 Å². The Morgan fingerprint density at radius 3 is 2.64 bits per heavy atom. The summed E-state index contributed by atoms with van der Waals surface area (Å²) >= 11 is 0. The molecule has 0 N–H and O–H groups in total. The molecule has 0 spiro atoms. The Bertz CT molecular complexity index is 1070. The fourth-order valence-corrected chi connectivity index (χ4v) is 3.52. The van der Waals surface area contributed by atoms with E-state index in [9.17, 15) is 0 Å². The summed E-state index contributed by atoms with van der Waals surface area (Å²) in [5.74, 6) is 1.54. The van der Waals surface area contributed by atoms with Crippen LogP contribution in [-0.4, -0.2) is 72.5 Å². The molecule has 0 unspecified atom stereocenters. The van der Waals surface area contributed by atoms with Crippen LogP contribution in [0.2, 0.25) is 0 Å². The van der Waals surface area contributed by atoms with Gasteiger partial charge in [-0.1, -0.05) is 0 Å². The normalized spacial score (nSPS) is 16.5.